The molecule has 3 aromatic heterocycles. The lowest BCUT2D eigenvalue weighted by atomic mass is 9.82. The molecule has 176 valence electrons. The van der Waals surface area contributed by atoms with Crippen LogP contribution in [0.15, 0.2) is 30.7 Å². The third kappa shape index (κ3) is 4.21. The van der Waals surface area contributed by atoms with Crippen molar-refractivity contribution in [2.45, 2.75) is 70.1 Å². The van der Waals surface area contributed by atoms with Gasteiger partial charge in [-0.25, -0.2) is 14.5 Å². The van der Waals surface area contributed by atoms with Crippen LogP contribution < -0.4 is 10.2 Å². The zero-order chi connectivity index (χ0) is 23.1. The molecule has 1 N–H and O–H groups in total. The Labute approximate surface area is 200 Å². The van der Waals surface area contributed by atoms with Crippen molar-refractivity contribution in [3.8, 4) is 6.07 Å². The molecule has 0 aromatic carbocycles. The maximum absolute atomic E-state index is 9.69. The van der Waals surface area contributed by atoms with Crippen molar-refractivity contribution in [1.82, 2.24) is 19.6 Å². The Morgan fingerprint density at radius 2 is 1.94 bits per heavy atom. The van der Waals surface area contributed by atoms with Gasteiger partial charge < -0.3 is 15.0 Å². The highest BCUT2D eigenvalue weighted by molar-refractivity contribution is 5.69. The predicted octanol–water partition coefficient (Wildman–Crippen LogP) is 3.89. The summed E-state index contributed by atoms with van der Waals surface area (Å²) in [6, 6.07) is 7.00. The van der Waals surface area contributed by atoms with Gasteiger partial charge in [0.1, 0.15) is 6.07 Å². The van der Waals surface area contributed by atoms with Gasteiger partial charge in [0.25, 0.3) is 0 Å². The molecule has 3 aliphatic rings. The summed E-state index contributed by atoms with van der Waals surface area (Å²) >= 11 is 0. The van der Waals surface area contributed by atoms with Crippen LogP contribution in [0.2, 0.25) is 0 Å². The molecule has 2 atom stereocenters. The number of ether oxygens (including phenoxy) is 1. The smallest absolute Gasteiger partial charge is 0.223 e. The summed E-state index contributed by atoms with van der Waals surface area (Å²) in [7, 11) is 0. The summed E-state index contributed by atoms with van der Waals surface area (Å²) < 4.78 is 7.97. The molecular formula is C26H31N7O. The summed E-state index contributed by atoms with van der Waals surface area (Å²) in [6.45, 7) is 3.86. The Hall–Kier alpha value is -3.18. The van der Waals surface area contributed by atoms with Crippen molar-refractivity contribution in [3.63, 3.8) is 0 Å². The van der Waals surface area contributed by atoms with Crippen LogP contribution in [0.5, 0.6) is 0 Å². The number of pyridine rings is 1. The van der Waals surface area contributed by atoms with Crippen LogP contribution in [0.25, 0.3) is 5.52 Å². The lowest BCUT2D eigenvalue weighted by Crippen LogP contribution is -2.42. The number of rotatable bonds is 5. The van der Waals surface area contributed by atoms with Crippen molar-refractivity contribution in [1.29, 1.82) is 5.26 Å². The minimum absolute atomic E-state index is 0.338. The SMILES string of the molecule is Cc1ccnc(NC2CCC(Cc3cc(N4CC5CCC(C4)O5)cn4ncc(C#N)c34)CC2)n1. The molecule has 2 saturated heterocycles. The van der Waals surface area contributed by atoms with Crippen LogP contribution in [0, 0.1) is 24.2 Å². The van der Waals surface area contributed by atoms with Crippen LogP contribution in [-0.2, 0) is 11.2 Å². The standard InChI is InChI=1S/C26H31N7O/c1-17-8-9-28-26(30-17)31-21-4-2-18(3-5-21)10-19-11-22(14-33-25(19)20(12-27)13-29-33)32-15-23-6-7-24(16-32)34-23/h8-9,11,13-14,18,21,23-24H,2-7,10,15-16H2,1H3,(H,28,30,31). The number of aryl methyl sites for hydroxylation is 1. The molecule has 3 aromatic rings. The number of nitrogens with one attached hydrogen (secondary N) is 1. The fourth-order valence-corrected chi connectivity index (χ4v) is 5.95. The molecule has 8 nitrogen and oxygen atoms in total. The molecule has 2 aliphatic heterocycles. The first-order valence-corrected chi connectivity index (χ1v) is 12.5. The van der Waals surface area contributed by atoms with Gasteiger partial charge in [-0.3, -0.25) is 0 Å². The van der Waals surface area contributed by atoms with E-state index in [1.54, 1.807) is 6.20 Å². The van der Waals surface area contributed by atoms with Crippen molar-refractivity contribution in [2.75, 3.05) is 23.3 Å². The van der Waals surface area contributed by atoms with E-state index in [0.717, 1.165) is 75.2 Å². The molecule has 1 aliphatic carbocycles. The lowest BCUT2D eigenvalue weighted by Gasteiger charge is -2.34. The normalized spacial score (nSPS) is 26.5. The molecule has 0 radical (unpaired) electrons. The number of fused-ring (bicyclic) bond motifs is 3. The molecule has 5 heterocycles. The summed E-state index contributed by atoms with van der Waals surface area (Å²) in [5, 5.41) is 17.7. The van der Waals surface area contributed by atoms with E-state index in [1.807, 2.05) is 23.7 Å². The average molecular weight is 458 g/mol. The first-order valence-electron chi connectivity index (χ1n) is 12.5. The fourth-order valence-electron chi connectivity index (χ4n) is 5.95. The monoisotopic (exact) mass is 457 g/mol. The zero-order valence-electron chi connectivity index (χ0n) is 19.7. The largest absolute Gasteiger partial charge is 0.371 e. The number of aromatic nitrogens is 4. The average Bonchev–Trinajstić information content (AvgIpc) is 3.42. The maximum Gasteiger partial charge on any atom is 0.223 e. The number of nitrogens with zero attached hydrogens (tertiary/aromatic N) is 6. The molecule has 0 spiro atoms. The zero-order valence-corrected chi connectivity index (χ0v) is 19.7. The van der Waals surface area contributed by atoms with Gasteiger partial charge in [-0.15, -0.1) is 0 Å². The number of anilines is 2. The fraction of sp³-hybridized carbons (Fsp3) is 0.538. The van der Waals surface area contributed by atoms with Gasteiger partial charge in [0.2, 0.25) is 5.95 Å². The Kier molecular flexibility index (Phi) is 5.58. The van der Waals surface area contributed by atoms with Crippen molar-refractivity contribution in [2.24, 2.45) is 5.92 Å². The third-order valence-corrected chi connectivity index (χ3v) is 7.69. The minimum atomic E-state index is 0.338. The molecule has 0 amide bonds. The second kappa shape index (κ2) is 8.88. The third-order valence-electron chi connectivity index (χ3n) is 7.69. The first-order chi connectivity index (χ1) is 16.6. The first kappa shape index (κ1) is 21.4. The molecule has 1 saturated carbocycles. The number of hydrogen-bond donors (Lipinski definition) is 1. The van der Waals surface area contributed by atoms with E-state index in [4.69, 9.17) is 4.74 Å². The molecule has 2 unspecified atom stereocenters. The van der Waals surface area contributed by atoms with Crippen molar-refractivity contribution >= 4 is 17.2 Å². The van der Waals surface area contributed by atoms with Crippen LogP contribution >= 0.6 is 0 Å². The number of morpholine rings is 1. The molecular weight excluding hydrogens is 426 g/mol. The van der Waals surface area contributed by atoms with E-state index in [1.165, 1.54) is 11.3 Å². The Balaban J connectivity index is 1.19. The van der Waals surface area contributed by atoms with E-state index >= 15 is 0 Å². The quantitative estimate of drug-likeness (QED) is 0.621. The highest BCUT2D eigenvalue weighted by Gasteiger charge is 2.34. The Morgan fingerprint density at radius 1 is 1.15 bits per heavy atom. The predicted molar refractivity (Wildman–Crippen MR) is 130 cm³/mol. The van der Waals surface area contributed by atoms with Crippen LogP contribution in [0.4, 0.5) is 11.6 Å². The molecule has 3 fully saturated rings. The van der Waals surface area contributed by atoms with E-state index in [0.29, 0.717) is 29.7 Å². The van der Waals surface area contributed by atoms with E-state index < -0.39 is 0 Å². The number of nitriles is 1. The number of hydrogen-bond acceptors (Lipinski definition) is 7. The second-order valence-electron chi connectivity index (χ2n) is 10.1. The van der Waals surface area contributed by atoms with Gasteiger partial charge in [0.15, 0.2) is 0 Å². The summed E-state index contributed by atoms with van der Waals surface area (Å²) in [5.41, 5.74) is 5.05. The van der Waals surface area contributed by atoms with Crippen molar-refractivity contribution < 1.29 is 4.74 Å². The summed E-state index contributed by atoms with van der Waals surface area (Å²) in [4.78, 5) is 11.3. The van der Waals surface area contributed by atoms with Gasteiger partial charge in [0, 0.05) is 31.0 Å². The van der Waals surface area contributed by atoms with E-state index in [9.17, 15) is 5.26 Å². The molecule has 34 heavy (non-hydrogen) atoms. The van der Waals surface area contributed by atoms with Gasteiger partial charge in [-0.2, -0.15) is 10.4 Å². The summed E-state index contributed by atoms with van der Waals surface area (Å²) in [5.74, 6) is 1.33. The van der Waals surface area contributed by atoms with Gasteiger partial charge in [0.05, 0.1) is 41.4 Å². The topological polar surface area (TPSA) is 91.4 Å². The lowest BCUT2D eigenvalue weighted by molar-refractivity contribution is 0.0304. The van der Waals surface area contributed by atoms with E-state index in [-0.39, 0.29) is 0 Å². The van der Waals surface area contributed by atoms with Gasteiger partial charge in [-0.05, 0) is 75.5 Å². The highest BCUT2D eigenvalue weighted by Crippen LogP contribution is 2.34. The van der Waals surface area contributed by atoms with Crippen LogP contribution in [0.1, 0.15) is 55.3 Å². The van der Waals surface area contributed by atoms with Crippen molar-refractivity contribution in [3.05, 3.63) is 47.5 Å². The van der Waals surface area contributed by atoms with Crippen LogP contribution in [-0.4, -0.2) is 50.9 Å². The molecule has 2 bridgehead atoms. The van der Waals surface area contributed by atoms with Gasteiger partial charge in [-0.1, -0.05) is 0 Å². The summed E-state index contributed by atoms with van der Waals surface area (Å²) in [6.07, 6.45) is 14.1. The Bertz CT molecular complexity index is 1210. The molecule has 8 heteroatoms. The maximum atomic E-state index is 9.69. The molecule has 6 rings (SSSR count). The minimum Gasteiger partial charge on any atom is -0.371 e. The van der Waals surface area contributed by atoms with Gasteiger partial charge >= 0.3 is 0 Å². The second-order valence-corrected chi connectivity index (χ2v) is 10.1. The van der Waals surface area contributed by atoms with Crippen LogP contribution in [0.3, 0.4) is 0 Å². The van der Waals surface area contributed by atoms with E-state index in [2.05, 4.69) is 43.6 Å². The Morgan fingerprint density at radius 3 is 2.68 bits per heavy atom. The highest BCUT2D eigenvalue weighted by atomic mass is 16.5.